The lowest BCUT2D eigenvalue weighted by Crippen LogP contribution is -2.35. The maximum atomic E-state index is 12.6. The fraction of sp³-hybridized carbons (Fsp3) is 0.316. The van der Waals surface area contributed by atoms with Gasteiger partial charge in [0.25, 0.3) is 11.6 Å². The van der Waals surface area contributed by atoms with Crippen LogP contribution >= 0.6 is 0 Å². The van der Waals surface area contributed by atoms with Crippen LogP contribution in [0.2, 0.25) is 0 Å². The molecule has 2 aromatic carbocycles. The van der Waals surface area contributed by atoms with Gasteiger partial charge in [-0.15, -0.1) is 0 Å². The van der Waals surface area contributed by atoms with E-state index in [0.29, 0.717) is 6.54 Å². The van der Waals surface area contributed by atoms with Crippen molar-refractivity contribution in [3.63, 3.8) is 0 Å². The van der Waals surface area contributed by atoms with Crippen molar-refractivity contribution in [3.05, 3.63) is 75.8 Å². The molecule has 0 atom stereocenters. The first-order valence-electron chi connectivity index (χ1n) is 8.43. The Labute approximate surface area is 146 Å². The molecule has 1 aliphatic rings. The van der Waals surface area contributed by atoms with Crippen LogP contribution in [0, 0.1) is 10.1 Å². The number of benzene rings is 2. The molecule has 130 valence electrons. The van der Waals surface area contributed by atoms with Crippen molar-refractivity contribution in [1.82, 2.24) is 9.80 Å². The van der Waals surface area contributed by atoms with Gasteiger partial charge < -0.3 is 4.90 Å². The summed E-state index contributed by atoms with van der Waals surface area (Å²) >= 11 is 0. The Kier molecular flexibility index (Phi) is 5.40. The highest BCUT2D eigenvalue weighted by Gasteiger charge is 2.20. The standard InChI is InChI=1S/C19H21N3O3/c23-19(17-5-2-1-3-6-17)21-12-4-11-20(13-14-21)15-16-7-9-18(10-8-16)22(24)25/h1-3,5-10H,4,11-15H2. The molecule has 1 amide bonds. The second kappa shape index (κ2) is 7.90. The molecule has 1 saturated heterocycles. The first-order valence-corrected chi connectivity index (χ1v) is 8.43. The Bertz CT molecular complexity index is 731. The van der Waals surface area contributed by atoms with Crippen molar-refractivity contribution < 1.29 is 9.72 Å². The first kappa shape index (κ1) is 17.1. The van der Waals surface area contributed by atoms with Crippen LogP contribution in [0.5, 0.6) is 0 Å². The molecule has 0 aliphatic carbocycles. The molecule has 0 saturated carbocycles. The molecule has 0 unspecified atom stereocenters. The molecular formula is C19H21N3O3. The monoisotopic (exact) mass is 339 g/mol. The predicted molar refractivity (Wildman–Crippen MR) is 95.3 cm³/mol. The first-order chi connectivity index (χ1) is 12.1. The highest BCUT2D eigenvalue weighted by molar-refractivity contribution is 5.94. The Morgan fingerprint density at radius 2 is 1.68 bits per heavy atom. The van der Waals surface area contributed by atoms with Crippen LogP contribution in [0.3, 0.4) is 0 Å². The highest BCUT2D eigenvalue weighted by Crippen LogP contribution is 2.15. The van der Waals surface area contributed by atoms with E-state index in [4.69, 9.17) is 0 Å². The summed E-state index contributed by atoms with van der Waals surface area (Å²) in [6.07, 6.45) is 0.922. The van der Waals surface area contributed by atoms with Crippen LogP contribution in [-0.2, 0) is 6.54 Å². The number of hydrogen-bond acceptors (Lipinski definition) is 4. The molecule has 1 fully saturated rings. The van der Waals surface area contributed by atoms with E-state index in [9.17, 15) is 14.9 Å². The third-order valence-electron chi connectivity index (χ3n) is 4.45. The van der Waals surface area contributed by atoms with Gasteiger partial charge in [-0.3, -0.25) is 19.8 Å². The van der Waals surface area contributed by atoms with E-state index in [1.807, 2.05) is 35.2 Å². The molecule has 0 aromatic heterocycles. The van der Waals surface area contributed by atoms with Crippen molar-refractivity contribution in [1.29, 1.82) is 0 Å². The van der Waals surface area contributed by atoms with E-state index in [-0.39, 0.29) is 16.5 Å². The number of nitro benzene ring substituents is 1. The zero-order valence-corrected chi connectivity index (χ0v) is 14.0. The number of amides is 1. The summed E-state index contributed by atoms with van der Waals surface area (Å²) < 4.78 is 0. The van der Waals surface area contributed by atoms with Crippen molar-refractivity contribution in [2.75, 3.05) is 26.2 Å². The summed E-state index contributed by atoms with van der Waals surface area (Å²) in [4.78, 5) is 27.1. The maximum absolute atomic E-state index is 12.6. The second-order valence-electron chi connectivity index (χ2n) is 6.21. The topological polar surface area (TPSA) is 66.7 Å². The quantitative estimate of drug-likeness (QED) is 0.634. The Morgan fingerprint density at radius 3 is 2.36 bits per heavy atom. The second-order valence-corrected chi connectivity index (χ2v) is 6.21. The van der Waals surface area contributed by atoms with E-state index in [0.717, 1.165) is 43.7 Å². The fourth-order valence-corrected chi connectivity index (χ4v) is 3.08. The Morgan fingerprint density at radius 1 is 0.960 bits per heavy atom. The molecule has 0 radical (unpaired) electrons. The largest absolute Gasteiger partial charge is 0.337 e. The number of carbonyl (C=O) groups excluding carboxylic acids is 1. The number of non-ortho nitro benzene ring substituents is 1. The van der Waals surface area contributed by atoms with Crippen molar-refractivity contribution >= 4 is 11.6 Å². The van der Waals surface area contributed by atoms with Gasteiger partial charge in [0.1, 0.15) is 0 Å². The van der Waals surface area contributed by atoms with Gasteiger partial charge in [-0.1, -0.05) is 30.3 Å². The summed E-state index contributed by atoms with van der Waals surface area (Å²) in [5.41, 5.74) is 1.89. The minimum atomic E-state index is -0.386. The third kappa shape index (κ3) is 4.42. The molecule has 1 aliphatic heterocycles. The average molecular weight is 339 g/mol. The Balaban J connectivity index is 1.58. The number of carbonyl (C=O) groups is 1. The minimum Gasteiger partial charge on any atom is -0.337 e. The summed E-state index contributed by atoms with van der Waals surface area (Å²) in [6.45, 7) is 3.90. The van der Waals surface area contributed by atoms with Gasteiger partial charge in [-0.05, 0) is 24.1 Å². The van der Waals surface area contributed by atoms with Gasteiger partial charge in [-0.2, -0.15) is 0 Å². The maximum Gasteiger partial charge on any atom is 0.269 e. The third-order valence-corrected chi connectivity index (χ3v) is 4.45. The van der Waals surface area contributed by atoms with E-state index in [1.54, 1.807) is 24.3 Å². The summed E-state index contributed by atoms with van der Waals surface area (Å²) in [5, 5.41) is 10.7. The lowest BCUT2D eigenvalue weighted by Gasteiger charge is -2.22. The van der Waals surface area contributed by atoms with Crippen molar-refractivity contribution in [2.45, 2.75) is 13.0 Å². The van der Waals surface area contributed by atoms with Crippen LogP contribution in [0.4, 0.5) is 5.69 Å². The predicted octanol–water partition coefficient (Wildman–Crippen LogP) is 2.94. The van der Waals surface area contributed by atoms with Crippen LogP contribution in [0.1, 0.15) is 22.3 Å². The van der Waals surface area contributed by atoms with Gasteiger partial charge in [0.05, 0.1) is 4.92 Å². The molecule has 6 nitrogen and oxygen atoms in total. The van der Waals surface area contributed by atoms with Gasteiger partial charge in [-0.25, -0.2) is 0 Å². The smallest absolute Gasteiger partial charge is 0.269 e. The molecule has 1 heterocycles. The molecule has 25 heavy (non-hydrogen) atoms. The molecule has 3 rings (SSSR count). The van der Waals surface area contributed by atoms with Crippen LogP contribution < -0.4 is 0 Å². The molecule has 0 N–H and O–H groups in total. The lowest BCUT2D eigenvalue weighted by atomic mass is 10.2. The van der Waals surface area contributed by atoms with Crippen molar-refractivity contribution in [3.8, 4) is 0 Å². The number of nitrogens with zero attached hydrogens (tertiary/aromatic N) is 3. The molecular weight excluding hydrogens is 318 g/mol. The summed E-state index contributed by atoms with van der Waals surface area (Å²) in [5.74, 6) is 0.0813. The summed E-state index contributed by atoms with van der Waals surface area (Å²) in [7, 11) is 0. The van der Waals surface area contributed by atoms with E-state index >= 15 is 0 Å². The molecule has 2 aromatic rings. The van der Waals surface area contributed by atoms with Gasteiger partial charge >= 0.3 is 0 Å². The van der Waals surface area contributed by atoms with Crippen LogP contribution in [0.25, 0.3) is 0 Å². The van der Waals surface area contributed by atoms with Gasteiger partial charge in [0, 0.05) is 50.4 Å². The summed E-state index contributed by atoms with van der Waals surface area (Å²) in [6, 6.07) is 16.1. The lowest BCUT2D eigenvalue weighted by molar-refractivity contribution is -0.384. The van der Waals surface area contributed by atoms with E-state index < -0.39 is 0 Å². The number of rotatable bonds is 4. The van der Waals surface area contributed by atoms with Gasteiger partial charge in [0.15, 0.2) is 0 Å². The van der Waals surface area contributed by atoms with Crippen LogP contribution in [-0.4, -0.2) is 46.8 Å². The van der Waals surface area contributed by atoms with Crippen LogP contribution in [0.15, 0.2) is 54.6 Å². The Hall–Kier alpha value is -2.73. The van der Waals surface area contributed by atoms with Crippen molar-refractivity contribution in [2.24, 2.45) is 0 Å². The SMILES string of the molecule is O=C(c1ccccc1)N1CCCN(Cc2ccc([N+](=O)[O-])cc2)CC1. The van der Waals surface area contributed by atoms with Gasteiger partial charge in [0.2, 0.25) is 0 Å². The number of hydrogen-bond donors (Lipinski definition) is 0. The molecule has 0 spiro atoms. The highest BCUT2D eigenvalue weighted by atomic mass is 16.6. The zero-order valence-electron chi connectivity index (χ0n) is 14.0. The molecule has 0 bridgehead atoms. The zero-order chi connectivity index (χ0) is 17.6. The van der Waals surface area contributed by atoms with E-state index in [2.05, 4.69) is 4.90 Å². The molecule has 6 heteroatoms. The average Bonchev–Trinajstić information content (AvgIpc) is 2.88. The normalized spacial score (nSPS) is 15.6. The minimum absolute atomic E-state index is 0.0813. The fourth-order valence-electron chi connectivity index (χ4n) is 3.08. The van der Waals surface area contributed by atoms with E-state index in [1.165, 1.54) is 0 Å². The number of nitro groups is 1.